The van der Waals surface area contributed by atoms with Crippen molar-refractivity contribution < 1.29 is 13.2 Å². The molecule has 1 amide bonds. The molecule has 0 fully saturated rings. The Bertz CT molecular complexity index is 623. The van der Waals surface area contributed by atoms with E-state index >= 15 is 0 Å². The Hall–Kier alpha value is -0.780. The Morgan fingerprint density at radius 2 is 1.88 bits per heavy atom. The molecule has 1 aliphatic heterocycles. The lowest BCUT2D eigenvalue weighted by molar-refractivity contribution is -0.119. The van der Waals surface area contributed by atoms with Gasteiger partial charge in [0, 0.05) is 10.7 Å². The predicted molar refractivity (Wildman–Crippen MR) is 66.1 cm³/mol. The molecule has 0 unspecified atom stereocenters. The smallest absolute Gasteiger partial charge is 0.261 e. The van der Waals surface area contributed by atoms with Gasteiger partial charge in [-0.3, -0.25) is 4.79 Å². The third kappa shape index (κ3) is 1.92. The number of anilines is 1. The van der Waals surface area contributed by atoms with Crippen LogP contribution in [0.3, 0.4) is 0 Å². The number of hydrogen-bond acceptors (Lipinski definition) is 3. The van der Waals surface area contributed by atoms with Gasteiger partial charge in [-0.25, -0.2) is 8.42 Å². The summed E-state index contributed by atoms with van der Waals surface area (Å²) in [7, 11) is 1.40. The molecule has 7 heteroatoms. The summed E-state index contributed by atoms with van der Waals surface area (Å²) >= 11 is 5.94. The van der Waals surface area contributed by atoms with Crippen LogP contribution >= 0.6 is 22.3 Å². The van der Waals surface area contributed by atoms with Crippen LogP contribution in [0.25, 0.3) is 0 Å². The molecule has 92 valence electrons. The van der Waals surface area contributed by atoms with Crippen LogP contribution in [-0.4, -0.2) is 14.3 Å². The lowest BCUT2D eigenvalue weighted by atomic mass is 9.86. The number of carbonyl (C=O) groups excluding carboxylic acids is 1. The molecule has 0 bridgehead atoms. The second-order valence-electron chi connectivity index (χ2n) is 4.34. The number of nitrogens with one attached hydrogen (secondary N) is 1. The monoisotopic (exact) mass is 293 g/mol. The fraction of sp³-hybridized carbons (Fsp3) is 0.300. The highest BCUT2D eigenvalue weighted by atomic mass is 35.7. The highest BCUT2D eigenvalue weighted by Crippen LogP contribution is 2.43. The molecule has 0 radical (unpaired) electrons. The molecule has 2 rings (SSSR count). The van der Waals surface area contributed by atoms with Gasteiger partial charge in [0.2, 0.25) is 5.91 Å². The first-order chi connectivity index (χ1) is 7.64. The summed E-state index contributed by atoms with van der Waals surface area (Å²) in [5, 5.41) is 2.79. The van der Waals surface area contributed by atoms with E-state index in [1.165, 1.54) is 12.1 Å². The summed E-state index contributed by atoms with van der Waals surface area (Å²) in [5.74, 6) is -0.224. The van der Waals surface area contributed by atoms with E-state index in [0.717, 1.165) is 0 Å². The molecule has 1 N–H and O–H groups in total. The van der Waals surface area contributed by atoms with E-state index in [-0.39, 0.29) is 15.8 Å². The van der Waals surface area contributed by atoms with Gasteiger partial charge in [-0.2, -0.15) is 0 Å². The highest BCUT2D eigenvalue weighted by molar-refractivity contribution is 8.13. The van der Waals surface area contributed by atoms with Gasteiger partial charge in [0.1, 0.15) is 0 Å². The van der Waals surface area contributed by atoms with Crippen molar-refractivity contribution >= 4 is 42.9 Å². The zero-order chi connectivity index (χ0) is 13.0. The fourth-order valence-corrected chi connectivity index (χ4v) is 2.85. The Morgan fingerprint density at radius 1 is 1.29 bits per heavy atom. The second kappa shape index (κ2) is 3.60. The minimum Gasteiger partial charge on any atom is -0.324 e. The van der Waals surface area contributed by atoms with Crippen LogP contribution in [0.5, 0.6) is 0 Å². The van der Waals surface area contributed by atoms with E-state index in [9.17, 15) is 13.2 Å². The van der Waals surface area contributed by atoms with Crippen molar-refractivity contribution in [1.82, 2.24) is 0 Å². The van der Waals surface area contributed by atoms with Crippen molar-refractivity contribution in [2.45, 2.75) is 24.2 Å². The fourth-order valence-electron chi connectivity index (χ4n) is 1.73. The Labute approximate surface area is 108 Å². The summed E-state index contributed by atoms with van der Waals surface area (Å²) in [4.78, 5) is 11.6. The van der Waals surface area contributed by atoms with Crippen molar-refractivity contribution in [1.29, 1.82) is 0 Å². The average Bonchev–Trinajstić information content (AvgIpc) is 2.39. The van der Waals surface area contributed by atoms with Gasteiger partial charge in [-0.15, -0.1) is 0 Å². The lowest BCUT2D eigenvalue weighted by Gasteiger charge is -2.15. The molecule has 1 aromatic carbocycles. The summed E-state index contributed by atoms with van der Waals surface area (Å²) in [6.45, 7) is 3.38. The van der Waals surface area contributed by atoms with Crippen molar-refractivity contribution in [2.75, 3.05) is 5.32 Å². The number of amides is 1. The molecule has 0 saturated carbocycles. The summed E-state index contributed by atoms with van der Waals surface area (Å²) < 4.78 is 22.6. The molecule has 0 atom stereocenters. The van der Waals surface area contributed by atoms with Gasteiger partial charge in [0.25, 0.3) is 9.05 Å². The zero-order valence-corrected chi connectivity index (χ0v) is 11.4. The van der Waals surface area contributed by atoms with Crippen LogP contribution < -0.4 is 5.32 Å². The highest BCUT2D eigenvalue weighted by Gasteiger charge is 2.40. The molecule has 1 aromatic rings. The first-order valence-corrected chi connectivity index (χ1v) is 7.43. The average molecular weight is 294 g/mol. The maximum absolute atomic E-state index is 11.7. The van der Waals surface area contributed by atoms with Crippen LogP contribution in [0.4, 0.5) is 5.69 Å². The molecule has 1 aliphatic rings. The molecule has 0 spiro atoms. The van der Waals surface area contributed by atoms with E-state index in [1.807, 2.05) is 0 Å². The van der Waals surface area contributed by atoms with Gasteiger partial charge >= 0.3 is 0 Å². The number of benzene rings is 1. The van der Waals surface area contributed by atoms with Crippen LogP contribution in [0.15, 0.2) is 17.0 Å². The molecule has 0 saturated heterocycles. The standard InChI is InChI=1S/C10H9Cl2NO3S/c1-10(2)6-3-5(17(12,15)16)4-7(11)8(6)13-9(10)14/h3-4H,1-2H3,(H,13,14). The van der Waals surface area contributed by atoms with Crippen molar-refractivity contribution in [2.24, 2.45) is 0 Å². The van der Waals surface area contributed by atoms with Crippen LogP contribution in [0.2, 0.25) is 5.02 Å². The minimum atomic E-state index is -3.87. The molecule has 1 heterocycles. The van der Waals surface area contributed by atoms with Crippen molar-refractivity contribution in [3.63, 3.8) is 0 Å². The largest absolute Gasteiger partial charge is 0.324 e. The Kier molecular flexibility index (Phi) is 2.69. The molecule has 0 aliphatic carbocycles. The van der Waals surface area contributed by atoms with E-state index in [4.69, 9.17) is 22.3 Å². The van der Waals surface area contributed by atoms with Gasteiger partial charge in [-0.1, -0.05) is 11.6 Å². The number of hydrogen-bond donors (Lipinski definition) is 1. The minimum absolute atomic E-state index is 0.104. The lowest BCUT2D eigenvalue weighted by Crippen LogP contribution is -2.26. The van der Waals surface area contributed by atoms with Crippen LogP contribution in [0, 0.1) is 0 Å². The third-order valence-electron chi connectivity index (χ3n) is 2.82. The summed E-state index contributed by atoms with van der Waals surface area (Å²) in [6, 6.07) is 2.60. The summed E-state index contributed by atoms with van der Waals surface area (Å²) in [6.07, 6.45) is 0. The second-order valence-corrected chi connectivity index (χ2v) is 7.32. The van der Waals surface area contributed by atoms with Crippen LogP contribution in [-0.2, 0) is 19.3 Å². The molecular weight excluding hydrogens is 285 g/mol. The third-order valence-corrected chi connectivity index (χ3v) is 4.46. The van der Waals surface area contributed by atoms with Crippen molar-refractivity contribution in [3.05, 3.63) is 22.7 Å². The quantitative estimate of drug-likeness (QED) is 0.809. The van der Waals surface area contributed by atoms with E-state index in [2.05, 4.69) is 5.32 Å². The van der Waals surface area contributed by atoms with Gasteiger partial charge < -0.3 is 5.32 Å². The van der Waals surface area contributed by atoms with Gasteiger partial charge in [0.05, 0.1) is 21.0 Å². The topological polar surface area (TPSA) is 63.2 Å². The molecular formula is C10H9Cl2NO3S. The summed E-state index contributed by atoms with van der Waals surface area (Å²) in [5.41, 5.74) is 0.163. The van der Waals surface area contributed by atoms with Gasteiger partial charge in [0.15, 0.2) is 0 Å². The Morgan fingerprint density at radius 3 is 2.41 bits per heavy atom. The predicted octanol–water partition coefficient (Wildman–Crippen LogP) is 2.50. The maximum atomic E-state index is 11.7. The van der Waals surface area contributed by atoms with Crippen molar-refractivity contribution in [3.8, 4) is 0 Å². The molecule has 17 heavy (non-hydrogen) atoms. The first-order valence-electron chi connectivity index (χ1n) is 4.74. The SMILES string of the molecule is CC1(C)C(=O)Nc2c(Cl)cc(S(=O)(=O)Cl)cc21. The number of halogens is 2. The maximum Gasteiger partial charge on any atom is 0.261 e. The Balaban J connectivity index is 2.76. The van der Waals surface area contributed by atoms with Crippen LogP contribution in [0.1, 0.15) is 19.4 Å². The zero-order valence-electron chi connectivity index (χ0n) is 9.04. The van der Waals surface area contributed by atoms with E-state index in [0.29, 0.717) is 11.3 Å². The first kappa shape index (κ1) is 12.7. The van der Waals surface area contributed by atoms with Gasteiger partial charge in [-0.05, 0) is 31.5 Å². The number of fused-ring (bicyclic) bond motifs is 1. The molecule has 0 aromatic heterocycles. The number of rotatable bonds is 1. The van der Waals surface area contributed by atoms with E-state index < -0.39 is 14.5 Å². The number of carbonyl (C=O) groups is 1. The normalized spacial score (nSPS) is 17.8. The molecule has 4 nitrogen and oxygen atoms in total. The van der Waals surface area contributed by atoms with E-state index in [1.54, 1.807) is 13.8 Å².